The lowest BCUT2D eigenvalue weighted by Crippen LogP contribution is -2.00. The smallest absolute Gasteiger partial charge is 0.336 e. The molecular formula is C15H14O4. The molecule has 1 aromatic heterocycles. The largest absolute Gasteiger partial charge is 0.496 e. The van der Waals surface area contributed by atoms with Crippen LogP contribution >= 0.6 is 0 Å². The summed E-state index contributed by atoms with van der Waals surface area (Å²) in [5.74, 6) is 0.663. The van der Waals surface area contributed by atoms with Crippen molar-refractivity contribution in [3.05, 3.63) is 52.4 Å². The van der Waals surface area contributed by atoms with Crippen LogP contribution in [0.3, 0.4) is 0 Å². The highest BCUT2D eigenvalue weighted by atomic mass is 16.6. The second kappa shape index (κ2) is 4.24. The third-order valence-electron chi connectivity index (χ3n) is 3.27. The number of fused-ring (bicyclic) bond motifs is 1. The Kier molecular flexibility index (Phi) is 2.68. The molecule has 0 bridgehead atoms. The molecule has 98 valence electrons. The Balaban J connectivity index is 2.22. The van der Waals surface area contributed by atoms with E-state index >= 15 is 0 Å². The molecule has 4 heteroatoms. The Hall–Kier alpha value is -2.07. The number of hydrogen-bond acceptors (Lipinski definition) is 4. The number of benzene rings is 1. The molecule has 1 fully saturated rings. The molecule has 0 aliphatic carbocycles. The van der Waals surface area contributed by atoms with Crippen LogP contribution in [0.15, 0.2) is 45.6 Å². The van der Waals surface area contributed by atoms with Crippen LogP contribution in [0.2, 0.25) is 0 Å². The van der Waals surface area contributed by atoms with E-state index in [0.29, 0.717) is 11.3 Å². The van der Waals surface area contributed by atoms with Crippen LogP contribution in [0.5, 0.6) is 5.75 Å². The summed E-state index contributed by atoms with van der Waals surface area (Å²) in [7, 11) is 1.59. The Morgan fingerprint density at radius 1 is 1.32 bits per heavy atom. The highest BCUT2D eigenvalue weighted by Gasteiger charge is 2.44. The van der Waals surface area contributed by atoms with E-state index < -0.39 is 0 Å². The summed E-state index contributed by atoms with van der Waals surface area (Å²) in [6, 6.07) is 6.86. The van der Waals surface area contributed by atoms with Gasteiger partial charge in [0.15, 0.2) is 0 Å². The number of rotatable bonds is 3. The first-order chi connectivity index (χ1) is 9.11. The highest BCUT2D eigenvalue weighted by Crippen LogP contribution is 2.48. The van der Waals surface area contributed by atoms with Gasteiger partial charge in [-0.3, -0.25) is 0 Å². The molecule has 0 amide bonds. The fourth-order valence-corrected chi connectivity index (χ4v) is 2.29. The zero-order valence-electron chi connectivity index (χ0n) is 10.8. The molecule has 3 rings (SSSR count). The fraction of sp³-hybridized carbons (Fsp3) is 0.267. The van der Waals surface area contributed by atoms with Crippen molar-refractivity contribution in [2.45, 2.75) is 19.1 Å². The molecule has 0 radical (unpaired) electrons. The first kappa shape index (κ1) is 12.0. The zero-order chi connectivity index (χ0) is 13.6. The van der Waals surface area contributed by atoms with E-state index in [9.17, 15) is 4.79 Å². The van der Waals surface area contributed by atoms with E-state index in [4.69, 9.17) is 13.9 Å². The number of epoxide rings is 1. The van der Waals surface area contributed by atoms with E-state index in [2.05, 4.69) is 6.58 Å². The zero-order valence-corrected chi connectivity index (χ0v) is 10.8. The lowest BCUT2D eigenvalue weighted by Gasteiger charge is -2.08. The summed E-state index contributed by atoms with van der Waals surface area (Å²) in [4.78, 5) is 11.4. The van der Waals surface area contributed by atoms with E-state index in [-0.39, 0.29) is 17.8 Å². The molecule has 0 saturated carbocycles. The molecule has 1 aromatic carbocycles. The van der Waals surface area contributed by atoms with Crippen LogP contribution in [-0.4, -0.2) is 13.2 Å². The second-order valence-corrected chi connectivity index (χ2v) is 4.68. The summed E-state index contributed by atoms with van der Waals surface area (Å²) in [6.45, 7) is 5.80. The number of methoxy groups -OCH3 is 1. The molecule has 19 heavy (non-hydrogen) atoms. The van der Waals surface area contributed by atoms with Gasteiger partial charge in [-0.05, 0) is 30.7 Å². The molecule has 2 atom stereocenters. The van der Waals surface area contributed by atoms with Crippen molar-refractivity contribution in [3.63, 3.8) is 0 Å². The standard InChI is InChI=1S/C15H14O4/c1-8(2)13-15(19-13)12-10(17-3)6-4-9-5-7-11(16)18-14(9)12/h4-7,13,15H,1H2,2-3H3/t13?,15-/m0/s1. The van der Waals surface area contributed by atoms with Crippen LogP contribution in [-0.2, 0) is 4.74 Å². The predicted octanol–water partition coefficient (Wildman–Crippen LogP) is 2.82. The quantitative estimate of drug-likeness (QED) is 0.482. The highest BCUT2D eigenvalue weighted by molar-refractivity contribution is 5.83. The van der Waals surface area contributed by atoms with E-state index in [0.717, 1.165) is 16.5 Å². The second-order valence-electron chi connectivity index (χ2n) is 4.68. The molecule has 2 heterocycles. The van der Waals surface area contributed by atoms with Gasteiger partial charge in [0.1, 0.15) is 23.5 Å². The number of hydrogen-bond donors (Lipinski definition) is 0. The van der Waals surface area contributed by atoms with Crippen LogP contribution in [0.1, 0.15) is 18.6 Å². The van der Waals surface area contributed by atoms with Crippen molar-refractivity contribution in [2.24, 2.45) is 0 Å². The van der Waals surface area contributed by atoms with Gasteiger partial charge in [-0.2, -0.15) is 0 Å². The Labute approximate surface area is 110 Å². The van der Waals surface area contributed by atoms with Gasteiger partial charge in [0, 0.05) is 11.5 Å². The summed E-state index contributed by atoms with van der Waals surface area (Å²) < 4.78 is 16.3. The molecule has 0 N–H and O–H groups in total. The van der Waals surface area contributed by atoms with E-state index in [1.54, 1.807) is 13.2 Å². The molecule has 1 saturated heterocycles. The van der Waals surface area contributed by atoms with Crippen molar-refractivity contribution in [2.75, 3.05) is 7.11 Å². The molecule has 1 aliphatic heterocycles. The molecule has 4 nitrogen and oxygen atoms in total. The van der Waals surface area contributed by atoms with Crippen molar-refractivity contribution in [1.82, 2.24) is 0 Å². The minimum absolute atomic E-state index is 0.0370. The first-order valence-corrected chi connectivity index (χ1v) is 6.03. The first-order valence-electron chi connectivity index (χ1n) is 6.03. The van der Waals surface area contributed by atoms with Crippen molar-refractivity contribution in [1.29, 1.82) is 0 Å². The third-order valence-corrected chi connectivity index (χ3v) is 3.27. The topological polar surface area (TPSA) is 52.0 Å². The van der Waals surface area contributed by atoms with Gasteiger partial charge in [-0.1, -0.05) is 6.58 Å². The third kappa shape index (κ3) is 1.94. The molecule has 1 aliphatic rings. The van der Waals surface area contributed by atoms with Crippen molar-refractivity contribution < 1.29 is 13.9 Å². The monoisotopic (exact) mass is 258 g/mol. The normalized spacial score (nSPS) is 21.4. The summed E-state index contributed by atoms with van der Waals surface area (Å²) >= 11 is 0. The number of ether oxygens (including phenoxy) is 2. The molecule has 1 unspecified atom stereocenters. The lowest BCUT2D eigenvalue weighted by atomic mass is 10.0. The van der Waals surface area contributed by atoms with Gasteiger partial charge in [0.2, 0.25) is 0 Å². The maximum atomic E-state index is 11.4. The van der Waals surface area contributed by atoms with Crippen molar-refractivity contribution >= 4 is 11.0 Å². The molecule has 0 spiro atoms. The minimum Gasteiger partial charge on any atom is -0.496 e. The van der Waals surface area contributed by atoms with Gasteiger partial charge >= 0.3 is 5.63 Å². The summed E-state index contributed by atoms with van der Waals surface area (Å²) in [5.41, 5.74) is 1.88. The predicted molar refractivity (Wildman–Crippen MR) is 71.5 cm³/mol. The molecular weight excluding hydrogens is 244 g/mol. The Morgan fingerprint density at radius 2 is 2.05 bits per heavy atom. The van der Waals surface area contributed by atoms with Gasteiger partial charge in [-0.25, -0.2) is 4.79 Å². The van der Waals surface area contributed by atoms with Gasteiger partial charge in [0.05, 0.1) is 12.7 Å². The minimum atomic E-state index is -0.380. The Bertz CT molecular complexity index is 714. The maximum Gasteiger partial charge on any atom is 0.336 e. The van der Waals surface area contributed by atoms with Crippen molar-refractivity contribution in [3.8, 4) is 5.75 Å². The van der Waals surface area contributed by atoms with Crippen LogP contribution < -0.4 is 10.4 Å². The van der Waals surface area contributed by atoms with Gasteiger partial charge in [0.25, 0.3) is 0 Å². The Morgan fingerprint density at radius 3 is 2.68 bits per heavy atom. The van der Waals surface area contributed by atoms with Crippen LogP contribution in [0, 0.1) is 0 Å². The maximum absolute atomic E-state index is 11.4. The summed E-state index contributed by atoms with van der Waals surface area (Å²) in [5, 5.41) is 0.853. The fourth-order valence-electron chi connectivity index (χ4n) is 2.29. The van der Waals surface area contributed by atoms with Crippen LogP contribution in [0.25, 0.3) is 11.0 Å². The van der Waals surface area contributed by atoms with Gasteiger partial charge < -0.3 is 13.9 Å². The lowest BCUT2D eigenvalue weighted by molar-refractivity contribution is 0.370. The summed E-state index contributed by atoms with van der Waals surface area (Å²) in [6.07, 6.45) is -0.188. The van der Waals surface area contributed by atoms with Crippen LogP contribution in [0.4, 0.5) is 0 Å². The average Bonchev–Trinajstić information content (AvgIpc) is 3.17. The van der Waals surface area contributed by atoms with E-state index in [1.807, 2.05) is 19.1 Å². The van der Waals surface area contributed by atoms with E-state index in [1.165, 1.54) is 6.07 Å². The average molecular weight is 258 g/mol. The van der Waals surface area contributed by atoms with Gasteiger partial charge in [-0.15, -0.1) is 0 Å². The SMILES string of the molecule is C=C(C)C1O[C@H]1c1c(OC)ccc2ccc(=O)oc12. The molecule has 2 aromatic rings.